The van der Waals surface area contributed by atoms with Gasteiger partial charge in [-0.2, -0.15) is 0 Å². The highest BCUT2D eigenvalue weighted by molar-refractivity contribution is 9.10. The zero-order valence-corrected chi connectivity index (χ0v) is 9.87. The first-order valence-corrected chi connectivity index (χ1v) is 5.12. The summed E-state index contributed by atoms with van der Waals surface area (Å²) in [6, 6.07) is 0. The quantitative estimate of drug-likeness (QED) is 0.857. The van der Waals surface area contributed by atoms with Gasteiger partial charge in [0.2, 0.25) is 5.91 Å². The van der Waals surface area contributed by atoms with Crippen LogP contribution in [0, 0.1) is 0 Å². The van der Waals surface area contributed by atoms with E-state index in [0.29, 0.717) is 15.8 Å². The second kappa shape index (κ2) is 3.62. The predicted molar refractivity (Wildman–Crippen MR) is 60.5 cm³/mol. The first-order valence-electron chi connectivity index (χ1n) is 4.33. The van der Waals surface area contributed by atoms with Crippen LogP contribution in [-0.4, -0.2) is 20.4 Å². The van der Waals surface area contributed by atoms with Crippen molar-refractivity contribution in [2.24, 2.45) is 7.05 Å². The van der Waals surface area contributed by atoms with Crippen LogP contribution in [0.3, 0.4) is 0 Å². The summed E-state index contributed by atoms with van der Waals surface area (Å²) in [4.78, 5) is 19.4. The third-order valence-corrected chi connectivity index (χ3v) is 2.33. The first kappa shape index (κ1) is 10.1. The van der Waals surface area contributed by atoms with Gasteiger partial charge in [-0.25, -0.2) is 9.97 Å². The summed E-state index contributed by atoms with van der Waals surface area (Å²) in [5.74, 6) is -0.121. The van der Waals surface area contributed by atoms with Gasteiger partial charge in [0.15, 0.2) is 5.65 Å². The van der Waals surface area contributed by atoms with E-state index in [-0.39, 0.29) is 5.91 Å². The largest absolute Gasteiger partial charge is 0.332 e. The molecule has 0 unspecified atom stereocenters. The fourth-order valence-electron chi connectivity index (χ4n) is 1.40. The van der Waals surface area contributed by atoms with E-state index >= 15 is 0 Å². The number of amides is 1. The molecule has 0 saturated carbocycles. The molecule has 0 atom stereocenters. The van der Waals surface area contributed by atoms with Gasteiger partial charge in [0.25, 0.3) is 0 Å². The van der Waals surface area contributed by atoms with Gasteiger partial charge >= 0.3 is 0 Å². The fraction of sp³-hybridized carbons (Fsp3) is 0.222. The Kier molecular flexibility index (Phi) is 2.44. The molecular weight excluding hydrogens is 260 g/mol. The summed E-state index contributed by atoms with van der Waals surface area (Å²) in [6.07, 6.45) is 3.42. The Bertz CT molecular complexity index is 534. The number of aromatic nitrogens is 3. The second-order valence-electron chi connectivity index (χ2n) is 3.20. The lowest BCUT2D eigenvalue weighted by Gasteiger charge is -1.97. The Hall–Kier alpha value is -1.43. The Morgan fingerprint density at radius 2 is 2.33 bits per heavy atom. The molecule has 2 aromatic rings. The van der Waals surface area contributed by atoms with Crippen molar-refractivity contribution in [3.05, 3.63) is 17.0 Å². The lowest BCUT2D eigenvalue weighted by molar-refractivity contribution is -0.114. The number of hydrogen-bond acceptors (Lipinski definition) is 3. The number of carbonyl (C=O) groups excluding carboxylic acids is 1. The van der Waals surface area contributed by atoms with E-state index in [2.05, 4.69) is 31.2 Å². The molecule has 0 fully saturated rings. The SMILES string of the molecule is CC(=O)Nc1cn(C)c2ncc(Br)nc12. The Labute approximate surface area is 94.6 Å². The molecular formula is C9H9BrN4O. The van der Waals surface area contributed by atoms with Gasteiger partial charge in [-0.05, 0) is 15.9 Å². The van der Waals surface area contributed by atoms with Gasteiger partial charge in [-0.3, -0.25) is 4.79 Å². The molecule has 0 aliphatic heterocycles. The summed E-state index contributed by atoms with van der Waals surface area (Å²) in [6.45, 7) is 1.46. The second-order valence-corrected chi connectivity index (χ2v) is 4.01. The zero-order chi connectivity index (χ0) is 11.0. The lowest BCUT2D eigenvalue weighted by Crippen LogP contribution is -2.05. The maximum absolute atomic E-state index is 11.0. The number of halogens is 1. The van der Waals surface area contributed by atoms with Crippen LogP contribution in [0.1, 0.15) is 6.92 Å². The third-order valence-electron chi connectivity index (χ3n) is 1.95. The number of nitrogens with one attached hydrogen (secondary N) is 1. The summed E-state index contributed by atoms with van der Waals surface area (Å²) < 4.78 is 2.47. The van der Waals surface area contributed by atoms with Crippen LogP contribution >= 0.6 is 15.9 Å². The van der Waals surface area contributed by atoms with Crippen molar-refractivity contribution in [2.45, 2.75) is 6.92 Å². The van der Waals surface area contributed by atoms with Crippen LogP contribution in [0.25, 0.3) is 11.2 Å². The van der Waals surface area contributed by atoms with Gasteiger partial charge < -0.3 is 9.88 Å². The van der Waals surface area contributed by atoms with Crippen LogP contribution in [0.15, 0.2) is 17.0 Å². The number of anilines is 1. The van der Waals surface area contributed by atoms with Crippen LogP contribution in [0.5, 0.6) is 0 Å². The fourth-order valence-corrected chi connectivity index (χ4v) is 1.68. The zero-order valence-electron chi connectivity index (χ0n) is 8.28. The van der Waals surface area contributed by atoms with Gasteiger partial charge in [-0.15, -0.1) is 0 Å². The van der Waals surface area contributed by atoms with Gasteiger partial charge in [-0.1, -0.05) is 0 Å². The molecule has 15 heavy (non-hydrogen) atoms. The highest BCUT2D eigenvalue weighted by Crippen LogP contribution is 2.22. The first-order chi connectivity index (χ1) is 7.08. The maximum atomic E-state index is 11.0. The van der Waals surface area contributed by atoms with Gasteiger partial charge in [0, 0.05) is 20.2 Å². The number of fused-ring (bicyclic) bond motifs is 1. The Balaban J connectivity index is 2.64. The van der Waals surface area contributed by atoms with E-state index < -0.39 is 0 Å². The number of rotatable bonds is 1. The number of carbonyl (C=O) groups is 1. The van der Waals surface area contributed by atoms with Crippen LogP contribution in [0.4, 0.5) is 5.69 Å². The van der Waals surface area contributed by atoms with Gasteiger partial charge in [0.1, 0.15) is 10.1 Å². The van der Waals surface area contributed by atoms with E-state index in [9.17, 15) is 4.79 Å². The van der Waals surface area contributed by atoms with E-state index in [1.807, 2.05) is 11.6 Å². The lowest BCUT2D eigenvalue weighted by atomic mass is 10.4. The molecule has 0 aliphatic rings. The van der Waals surface area contributed by atoms with Crippen LogP contribution in [-0.2, 0) is 11.8 Å². The van der Waals surface area contributed by atoms with Crippen molar-refractivity contribution >= 4 is 38.7 Å². The minimum Gasteiger partial charge on any atom is -0.332 e. The average Bonchev–Trinajstić information content (AvgIpc) is 2.42. The summed E-state index contributed by atoms with van der Waals surface area (Å²) in [7, 11) is 1.86. The van der Waals surface area contributed by atoms with Gasteiger partial charge in [0.05, 0.1) is 11.9 Å². The molecule has 2 rings (SSSR count). The summed E-state index contributed by atoms with van der Waals surface area (Å²) in [5.41, 5.74) is 2.10. The molecule has 0 bridgehead atoms. The minimum absolute atomic E-state index is 0.121. The van der Waals surface area contributed by atoms with Crippen molar-refractivity contribution in [1.29, 1.82) is 0 Å². The summed E-state index contributed by atoms with van der Waals surface area (Å²) in [5, 5.41) is 2.71. The van der Waals surface area contributed by atoms with E-state index in [0.717, 1.165) is 5.65 Å². The van der Waals surface area contributed by atoms with E-state index in [1.54, 1.807) is 12.4 Å². The van der Waals surface area contributed by atoms with Crippen LogP contribution in [0.2, 0.25) is 0 Å². The topological polar surface area (TPSA) is 59.8 Å². The van der Waals surface area contributed by atoms with Crippen molar-refractivity contribution in [3.63, 3.8) is 0 Å². The van der Waals surface area contributed by atoms with Crippen molar-refractivity contribution in [1.82, 2.24) is 14.5 Å². The average molecular weight is 269 g/mol. The van der Waals surface area contributed by atoms with E-state index in [4.69, 9.17) is 0 Å². The Morgan fingerprint density at radius 3 is 3.00 bits per heavy atom. The molecule has 6 heteroatoms. The molecule has 0 radical (unpaired) electrons. The predicted octanol–water partition coefficient (Wildman–Crippen LogP) is 1.69. The maximum Gasteiger partial charge on any atom is 0.221 e. The molecule has 2 heterocycles. The smallest absolute Gasteiger partial charge is 0.221 e. The molecule has 0 aromatic carbocycles. The van der Waals surface area contributed by atoms with E-state index in [1.165, 1.54) is 6.92 Å². The standard InChI is InChI=1S/C9H9BrN4O/c1-5(15)12-6-4-14(2)9-8(6)13-7(10)3-11-9/h3-4H,1-2H3,(H,12,15). The molecule has 1 N–H and O–H groups in total. The van der Waals surface area contributed by atoms with Crippen molar-refractivity contribution < 1.29 is 4.79 Å². The van der Waals surface area contributed by atoms with Crippen molar-refractivity contribution in [3.8, 4) is 0 Å². The molecule has 78 valence electrons. The van der Waals surface area contributed by atoms with Crippen LogP contribution < -0.4 is 5.32 Å². The Morgan fingerprint density at radius 1 is 1.60 bits per heavy atom. The highest BCUT2D eigenvalue weighted by atomic mass is 79.9. The highest BCUT2D eigenvalue weighted by Gasteiger charge is 2.10. The molecule has 0 aliphatic carbocycles. The normalized spacial score (nSPS) is 10.6. The summed E-state index contributed by atoms with van der Waals surface area (Å²) >= 11 is 3.25. The number of aryl methyl sites for hydroxylation is 1. The number of nitrogens with zero attached hydrogens (tertiary/aromatic N) is 3. The molecule has 0 saturated heterocycles. The monoisotopic (exact) mass is 268 g/mol. The molecule has 0 spiro atoms. The molecule has 1 amide bonds. The minimum atomic E-state index is -0.121. The van der Waals surface area contributed by atoms with Crippen molar-refractivity contribution in [2.75, 3.05) is 5.32 Å². The number of hydrogen-bond donors (Lipinski definition) is 1. The molecule has 5 nitrogen and oxygen atoms in total. The molecule has 2 aromatic heterocycles. The third kappa shape index (κ3) is 1.85.